The standard InChI is InChI=1S/C22H27ClN2O2/c1-17-9-10-19(23)14-21(17)25-12-11-18(16-25)15-24-22(26)8-5-13-27-20-6-3-2-4-7-20/h2-4,6-7,9-10,14,18H,5,8,11-13,15-16H2,1H3,(H,24,26). The quantitative estimate of drug-likeness (QED) is 0.681. The van der Waals surface area contributed by atoms with Crippen LogP contribution in [0.5, 0.6) is 5.75 Å². The van der Waals surface area contributed by atoms with Gasteiger partial charge in [0.05, 0.1) is 6.61 Å². The van der Waals surface area contributed by atoms with Gasteiger partial charge in [0.2, 0.25) is 5.91 Å². The maximum absolute atomic E-state index is 12.1. The molecule has 1 N–H and O–H groups in total. The van der Waals surface area contributed by atoms with Crippen LogP contribution in [0.25, 0.3) is 0 Å². The van der Waals surface area contributed by atoms with Crippen molar-refractivity contribution in [2.45, 2.75) is 26.2 Å². The third kappa shape index (κ3) is 5.90. The molecular formula is C22H27ClN2O2. The van der Waals surface area contributed by atoms with Crippen molar-refractivity contribution in [2.75, 3.05) is 31.1 Å². The molecule has 0 aliphatic carbocycles. The van der Waals surface area contributed by atoms with Gasteiger partial charge in [-0.25, -0.2) is 0 Å². The molecule has 2 aromatic rings. The molecule has 0 bridgehead atoms. The summed E-state index contributed by atoms with van der Waals surface area (Å²) in [6, 6.07) is 15.7. The van der Waals surface area contributed by atoms with E-state index >= 15 is 0 Å². The van der Waals surface area contributed by atoms with Gasteiger partial charge in [-0.1, -0.05) is 35.9 Å². The second kappa shape index (κ2) is 9.65. The molecule has 1 aliphatic heterocycles. The van der Waals surface area contributed by atoms with Gasteiger partial charge in [0.25, 0.3) is 0 Å². The zero-order chi connectivity index (χ0) is 19.1. The van der Waals surface area contributed by atoms with E-state index in [1.54, 1.807) is 0 Å². The number of benzene rings is 2. The van der Waals surface area contributed by atoms with Crippen molar-refractivity contribution in [3.63, 3.8) is 0 Å². The van der Waals surface area contributed by atoms with Gasteiger partial charge in [-0.05, 0) is 55.5 Å². The van der Waals surface area contributed by atoms with Gasteiger partial charge < -0.3 is 15.0 Å². The number of halogens is 1. The average molecular weight is 387 g/mol. The summed E-state index contributed by atoms with van der Waals surface area (Å²) in [5.74, 6) is 1.43. The number of nitrogens with zero attached hydrogens (tertiary/aromatic N) is 1. The fraction of sp³-hybridized carbons (Fsp3) is 0.409. The molecule has 1 amide bonds. The highest BCUT2D eigenvalue weighted by atomic mass is 35.5. The molecule has 5 heteroatoms. The fourth-order valence-corrected chi connectivity index (χ4v) is 3.59. The molecule has 1 heterocycles. The molecule has 3 rings (SSSR count). The van der Waals surface area contributed by atoms with Crippen LogP contribution in [0.1, 0.15) is 24.8 Å². The van der Waals surface area contributed by atoms with Gasteiger partial charge in [-0.15, -0.1) is 0 Å². The van der Waals surface area contributed by atoms with Crippen LogP contribution >= 0.6 is 11.6 Å². The Kier molecular flexibility index (Phi) is 6.99. The molecule has 144 valence electrons. The van der Waals surface area contributed by atoms with E-state index in [2.05, 4.69) is 23.2 Å². The van der Waals surface area contributed by atoms with E-state index < -0.39 is 0 Å². The maximum atomic E-state index is 12.1. The van der Waals surface area contributed by atoms with E-state index in [1.165, 1.54) is 11.3 Å². The summed E-state index contributed by atoms with van der Waals surface area (Å²) < 4.78 is 5.62. The minimum atomic E-state index is 0.101. The summed E-state index contributed by atoms with van der Waals surface area (Å²) in [6.45, 7) is 5.36. The first-order valence-electron chi connectivity index (χ1n) is 9.57. The molecule has 1 saturated heterocycles. The predicted octanol–water partition coefficient (Wildman–Crippen LogP) is 4.45. The first-order valence-corrected chi connectivity index (χ1v) is 9.95. The summed E-state index contributed by atoms with van der Waals surface area (Å²) in [4.78, 5) is 14.4. The number of anilines is 1. The van der Waals surface area contributed by atoms with Gasteiger partial charge in [0.1, 0.15) is 5.75 Å². The molecule has 2 aromatic carbocycles. The van der Waals surface area contributed by atoms with Crippen LogP contribution < -0.4 is 15.0 Å². The number of carbonyl (C=O) groups excluding carboxylic acids is 1. The second-order valence-electron chi connectivity index (χ2n) is 7.10. The van der Waals surface area contributed by atoms with E-state index in [-0.39, 0.29) is 5.91 Å². The van der Waals surface area contributed by atoms with Crippen LogP contribution in [0.2, 0.25) is 5.02 Å². The molecule has 1 fully saturated rings. The minimum absolute atomic E-state index is 0.101. The lowest BCUT2D eigenvalue weighted by atomic mass is 10.1. The number of rotatable bonds is 8. The lowest BCUT2D eigenvalue weighted by Crippen LogP contribution is -2.31. The van der Waals surface area contributed by atoms with E-state index in [1.807, 2.05) is 42.5 Å². The third-order valence-electron chi connectivity index (χ3n) is 4.95. The largest absolute Gasteiger partial charge is 0.494 e. The van der Waals surface area contributed by atoms with Crippen LogP contribution in [0.3, 0.4) is 0 Å². The number of hydrogen-bond acceptors (Lipinski definition) is 3. The van der Waals surface area contributed by atoms with Gasteiger partial charge in [-0.3, -0.25) is 4.79 Å². The van der Waals surface area contributed by atoms with Crippen molar-refractivity contribution in [1.82, 2.24) is 5.32 Å². The summed E-state index contributed by atoms with van der Waals surface area (Å²) >= 11 is 6.14. The van der Waals surface area contributed by atoms with Crippen LogP contribution in [0.4, 0.5) is 5.69 Å². The summed E-state index contributed by atoms with van der Waals surface area (Å²) in [7, 11) is 0. The summed E-state index contributed by atoms with van der Waals surface area (Å²) in [5.41, 5.74) is 2.44. The minimum Gasteiger partial charge on any atom is -0.494 e. The Labute approximate surface area is 166 Å². The molecular weight excluding hydrogens is 360 g/mol. The van der Waals surface area contributed by atoms with Crippen molar-refractivity contribution in [1.29, 1.82) is 0 Å². The number of amides is 1. The van der Waals surface area contributed by atoms with Crippen molar-refractivity contribution >= 4 is 23.2 Å². The molecule has 0 saturated carbocycles. The Hall–Kier alpha value is -2.20. The number of para-hydroxylation sites is 1. The zero-order valence-electron chi connectivity index (χ0n) is 15.8. The smallest absolute Gasteiger partial charge is 0.220 e. The Morgan fingerprint density at radius 1 is 1.26 bits per heavy atom. The maximum Gasteiger partial charge on any atom is 0.220 e. The first-order chi connectivity index (χ1) is 13.1. The Morgan fingerprint density at radius 3 is 2.89 bits per heavy atom. The fourth-order valence-electron chi connectivity index (χ4n) is 3.43. The number of hydrogen-bond donors (Lipinski definition) is 1. The Balaban J connectivity index is 1.34. The van der Waals surface area contributed by atoms with E-state index in [4.69, 9.17) is 16.3 Å². The lowest BCUT2D eigenvalue weighted by molar-refractivity contribution is -0.121. The van der Waals surface area contributed by atoms with Crippen molar-refractivity contribution in [3.8, 4) is 5.75 Å². The molecule has 4 nitrogen and oxygen atoms in total. The van der Waals surface area contributed by atoms with Crippen LogP contribution in [-0.2, 0) is 4.79 Å². The third-order valence-corrected chi connectivity index (χ3v) is 5.18. The van der Waals surface area contributed by atoms with Crippen molar-refractivity contribution in [3.05, 3.63) is 59.1 Å². The normalized spacial score (nSPS) is 16.4. The topological polar surface area (TPSA) is 41.6 Å². The van der Waals surface area contributed by atoms with E-state index in [9.17, 15) is 4.79 Å². The molecule has 0 radical (unpaired) electrons. The van der Waals surface area contributed by atoms with E-state index in [0.717, 1.165) is 43.2 Å². The van der Waals surface area contributed by atoms with Gasteiger partial charge in [0.15, 0.2) is 0 Å². The van der Waals surface area contributed by atoms with Crippen LogP contribution in [0.15, 0.2) is 48.5 Å². The molecule has 1 atom stereocenters. The van der Waals surface area contributed by atoms with Crippen molar-refractivity contribution in [2.24, 2.45) is 5.92 Å². The number of carbonyl (C=O) groups is 1. The SMILES string of the molecule is Cc1ccc(Cl)cc1N1CCC(CNC(=O)CCCOc2ccccc2)C1. The van der Waals surface area contributed by atoms with Gasteiger partial charge in [-0.2, -0.15) is 0 Å². The number of nitrogens with one attached hydrogen (secondary N) is 1. The molecule has 1 aliphatic rings. The van der Waals surface area contributed by atoms with Crippen molar-refractivity contribution < 1.29 is 9.53 Å². The number of ether oxygens (including phenoxy) is 1. The lowest BCUT2D eigenvalue weighted by Gasteiger charge is -2.21. The molecule has 27 heavy (non-hydrogen) atoms. The Morgan fingerprint density at radius 2 is 2.07 bits per heavy atom. The summed E-state index contributed by atoms with van der Waals surface area (Å²) in [5, 5.41) is 3.84. The van der Waals surface area contributed by atoms with Crippen LogP contribution in [-0.4, -0.2) is 32.1 Å². The first kappa shape index (κ1) is 19.6. The Bertz CT molecular complexity index is 751. The molecule has 1 unspecified atom stereocenters. The highest BCUT2D eigenvalue weighted by molar-refractivity contribution is 6.30. The average Bonchev–Trinajstić information content (AvgIpc) is 3.15. The second-order valence-corrected chi connectivity index (χ2v) is 7.54. The molecule has 0 aromatic heterocycles. The monoisotopic (exact) mass is 386 g/mol. The summed E-state index contributed by atoms with van der Waals surface area (Å²) in [6.07, 6.45) is 2.30. The highest BCUT2D eigenvalue weighted by Crippen LogP contribution is 2.29. The van der Waals surface area contributed by atoms with E-state index in [0.29, 0.717) is 18.9 Å². The number of aryl methyl sites for hydroxylation is 1. The van der Waals surface area contributed by atoms with Gasteiger partial charge in [0, 0.05) is 36.8 Å². The molecule has 0 spiro atoms. The van der Waals surface area contributed by atoms with Gasteiger partial charge >= 0.3 is 0 Å². The zero-order valence-corrected chi connectivity index (χ0v) is 16.5. The van der Waals surface area contributed by atoms with Crippen LogP contribution in [0, 0.1) is 12.8 Å². The highest BCUT2D eigenvalue weighted by Gasteiger charge is 2.24. The predicted molar refractivity (Wildman–Crippen MR) is 111 cm³/mol.